The molecule has 8 nitrogen and oxygen atoms in total. The number of rotatable bonds is 4. The molecule has 0 heterocycles. The van der Waals surface area contributed by atoms with Gasteiger partial charge in [-0.05, 0) is 0 Å². The summed E-state index contributed by atoms with van der Waals surface area (Å²) in [5.74, 6) is 0. The van der Waals surface area contributed by atoms with Gasteiger partial charge in [-0.1, -0.05) is 0 Å². The van der Waals surface area contributed by atoms with Crippen LogP contribution in [0.3, 0.4) is 0 Å². The molecule has 12 heteroatoms. The quantitative estimate of drug-likeness (QED) is 0.168. The Kier molecular flexibility index (Phi) is 77.5. The molecule has 0 saturated heterocycles. The van der Waals surface area contributed by atoms with Crippen LogP contribution in [0.2, 0.25) is 11.4 Å². The van der Waals surface area contributed by atoms with Gasteiger partial charge in [0, 0.05) is 34.1 Å². The zero-order chi connectivity index (χ0) is 35.6. The molecular formula is C34H26As2Mn2O8. The van der Waals surface area contributed by atoms with Gasteiger partial charge < -0.3 is 0 Å². The first-order chi connectivity index (χ1) is 21.8. The molecule has 2 radical (unpaired) electrons. The second-order valence-corrected chi connectivity index (χ2v) is 15.5. The molecule has 0 unspecified atom stereocenters. The van der Waals surface area contributed by atoms with Crippen molar-refractivity contribution in [3.05, 3.63) is 175 Å². The van der Waals surface area contributed by atoms with Gasteiger partial charge in [-0.15, -0.1) is 0 Å². The fraction of sp³-hybridized carbons (Fsp3) is 0.0588. The number of hydrogen-bond acceptors (Lipinski definition) is 0. The van der Waals surface area contributed by atoms with Crippen molar-refractivity contribution in [2.75, 3.05) is 0 Å². The zero-order valence-electron chi connectivity index (χ0n) is 24.5. The van der Waals surface area contributed by atoms with E-state index in [9.17, 15) is 0 Å². The van der Waals surface area contributed by atoms with Crippen molar-refractivity contribution in [3.63, 3.8) is 0 Å². The van der Waals surface area contributed by atoms with Crippen LogP contribution >= 0.6 is 0 Å². The van der Waals surface area contributed by atoms with Crippen molar-refractivity contribution in [3.8, 4) is 0 Å². The molecule has 46 heavy (non-hydrogen) atoms. The molecule has 0 N–H and O–H groups in total. The maximum Gasteiger partial charge on any atom is 0 e. The molecule has 4 aromatic rings. The van der Waals surface area contributed by atoms with Crippen LogP contribution < -0.4 is 17.4 Å². The summed E-state index contributed by atoms with van der Waals surface area (Å²) in [5, 5.41) is 0. The van der Waals surface area contributed by atoms with E-state index >= 15 is 0 Å². The molecule has 234 valence electrons. The Labute approximate surface area is 302 Å². The fourth-order valence-electron chi connectivity index (χ4n) is 2.90. The first-order valence-corrected chi connectivity index (χ1v) is 18.6. The number of benzene rings is 4. The van der Waals surface area contributed by atoms with Crippen molar-refractivity contribution < 1.29 is 71.4 Å². The van der Waals surface area contributed by atoms with Crippen molar-refractivity contribution in [2.24, 2.45) is 0 Å². The minimum atomic E-state index is -0.989. The molecule has 0 atom stereocenters. The summed E-state index contributed by atoms with van der Waals surface area (Å²) < 4.78 is 66.1. The van der Waals surface area contributed by atoms with Crippen LogP contribution in [0.15, 0.2) is 121 Å². The topological polar surface area (TPSA) is 159 Å². The first-order valence-electron chi connectivity index (χ1n) is 11.1. The van der Waals surface area contributed by atoms with Crippen molar-refractivity contribution in [1.82, 2.24) is 0 Å². The summed E-state index contributed by atoms with van der Waals surface area (Å²) in [6, 6.07) is 43.3. The van der Waals surface area contributed by atoms with Crippen LogP contribution in [0.4, 0.5) is 0 Å². The van der Waals surface area contributed by atoms with Gasteiger partial charge in [0.1, 0.15) is 0 Å². The molecule has 0 fully saturated rings. The van der Waals surface area contributed by atoms with Crippen LogP contribution in [0, 0.1) is 53.2 Å². The SMILES string of the molecule is C[As](c1ccccc1)c1ccccc1.C[As](c1ccccc1)c1ccccc1.[C-]#[O+].[C-]#[O+].[C-]#[O+].[C-]#[O+].[C-]#[O+].[C-]#[O+].[C-]#[O+].[C-]#[O+].[Mn].[Mn]. The van der Waals surface area contributed by atoms with E-state index < -0.39 is 29.3 Å². The van der Waals surface area contributed by atoms with Crippen LogP contribution in [0.1, 0.15) is 0 Å². The van der Waals surface area contributed by atoms with Gasteiger partial charge in [0.25, 0.3) is 0 Å². The Bertz CT molecular complexity index is 1080. The number of hydrogen-bond donors (Lipinski definition) is 0. The third-order valence-corrected chi connectivity index (χ3v) is 13.6. The van der Waals surface area contributed by atoms with Crippen LogP contribution in [-0.4, -0.2) is 29.3 Å². The van der Waals surface area contributed by atoms with Crippen LogP contribution in [-0.2, 0) is 71.4 Å². The third-order valence-electron chi connectivity index (χ3n) is 4.57. The largest absolute Gasteiger partial charge is 0 e. The minimum absolute atomic E-state index is 0. The van der Waals surface area contributed by atoms with E-state index in [2.05, 4.69) is 186 Å². The fourth-order valence-corrected chi connectivity index (χ4v) is 9.35. The monoisotopic (exact) mass is 822 g/mol. The maximum absolute atomic E-state index is 7.50. The Morgan fingerprint density at radius 3 is 0.500 bits per heavy atom. The standard InChI is InChI=1S/2C13H13As.8CO.2Mn/c2*1-14(12-8-4-2-5-9-12)13-10-6-3-7-11-13;8*1-2;;/h2*2-11H,1H3;;;;;;;;;;. The smallest absolute Gasteiger partial charge is 0 e. The molecule has 4 rings (SSSR count). The van der Waals surface area contributed by atoms with E-state index in [-0.39, 0.29) is 34.1 Å². The zero-order valence-corrected chi connectivity index (χ0v) is 30.6. The second kappa shape index (κ2) is 57.6. The molecule has 0 bridgehead atoms. The Hall–Kier alpha value is -3.04. The summed E-state index contributed by atoms with van der Waals surface area (Å²) in [7, 11) is 0. The van der Waals surface area contributed by atoms with Gasteiger partial charge in [0.2, 0.25) is 0 Å². The van der Waals surface area contributed by atoms with Crippen molar-refractivity contribution in [2.45, 2.75) is 11.4 Å². The Morgan fingerprint density at radius 2 is 0.391 bits per heavy atom. The Balaban J connectivity index is -0.0000000709. The van der Waals surface area contributed by atoms with Gasteiger partial charge in [0.05, 0.1) is 0 Å². The first kappa shape index (κ1) is 61.9. The molecule has 0 aliphatic carbocycles. The Morgan fingerprint density at radius 1 is 0.283 bits per heavy atom. The van der Waals surface area contributed by atoms with E-state index in [0.29, 0.717) is 0 Å². The van der Waals surface area contributed by atoms with E-state index in [4.69, 9.17) is 37.2 Å². The van der Waals surface area contributed by atoms with E-state index in [1.54, 1.807) is 0 Å². The van der Waals surface area contributed by atoms with E-state index in [1.807, 2.05) is 0 Å². The molecule has 0 spiro atoms. The van der Waals surface area contributed by atoms with E-state index in [1.165, 1.54) is 17.4 Å². The van der Waals surface area contributed by atoms with Gasteiger partial charge >= 0.3 is 270 Å². The van der Waals surface area contributed by atoms with Crippen molar-refractivity contribution in [1.29, 1.82) is 0 Å². The molecule has 0 aliphatic rings. The van der Waals surface area contributed by atoms with Crippen LogP contribution in [0.5, 0.6) is 0 Å². The summed E-state index contributed by atoms with van der Waals surface area (Å²) in [6.07, 6.45) is 0. The molecule has 0 saturated carbocycles. The average molecular weight is 822 g/mol. The summed E-state index contributed by atoms with van der Waals surface area (Å²) in [6.45, 7) is 36.0. The normalized spacial score (nSPS) is 6.70. The maximum atomic E-state index is 7.50. The summed E-state index contributed by atoms with van der Waals surface area (Å²) in [4.78, 5) is 0. The summed E-state index contributed by atoms with van der Waals surface area (Å²) >= 11 is -1.98. The molecule has 0 amide bonds. The average Bonchev–Trinajstić information content (AvgIpc) is 3.19. The van der Waals surface area contributed by atoms with Gasteiger partial charge in [-0.3, -0.25) is 0 Å². The van der Waals surface area contributed by atoms with E-state index in [0.717, 1.165) is 0 Å². The molecule has 0 aliphatic heterocycles. The van der Waals surface area contributed by atoms with Gasteiger partial charge in [0.15, 0.2) is 0 Å². The molecular weight excluding hydrogens is 796 g/mol. The van der Waals surface area contributed by atoms with Gasteiger partial charge in [-0.2, -0.15) is 0 Å². The third kappa shape index (κ3) is 32.4. The minimum Gasteiger partial charge on any atom is 0 e. The van der Waals surface area contributed by atoms with Gasteiger partial charge in [-0.25, -0.2) is 0 Å². The van der Waals surface area contributed by atoms with Crippen LogP contribution in [0.25, 0.3) is 0 Å². The predicted molar refractivity (Wildman–Crippen MR) is 159 cm³/mol. The predicted octanol–water partition coefficient (Wildman–Crippen LogP) is 3.55. The summed E-state index contributed by atoms with van der Waals surface area (Å²) in [5.41, 5.74) is 4.77. The van der Waals surface area contributed by atoms with Crippen molar-refractivity contribution >= 4 is 46.7 Å². The second-order valence-electron chi connectivity index (χ2n) is 6.46. The molecule has 4 aromatic carbocycles. The molecule has 0 aromatic heterocycles.